The van der Waals surface area contributed by atoms with Crippen LogP contribution in [0.1, 0.15) is 46.5 Å². The Labute approximate surface area is 100 Å². The van der Waals surface area contributed by atoms with Crippen LogP contribution in [0.5, 0.6) is 0 Å². The third-order valence-corrected chi connectivity index (χ3v) is 3.49. The maximum absolute atomic E-state index is 9.09. The number of allylic oxidation sites excluding steroid dienone is 2. The summed E-state index contributed by atoms with van der Waals surface area (Å²) >= 11 is 0. The highest BCUT2D eigenvalue weighted by molar-refractivity contribution is 4.91. The van der Waals surface area contributed by atoms with Crippen LogP contribution in [0.3, 0.4) is 0 Å². The van der Waals surface area contributed by atoms with E-state index in [2.05, 4.69) is 38.2 Å². The van der Waals surface area contributed by atoms with Crippen molar-refractivity contribution in [3.05, 3.63) is 12.2 Å². The lowest BCUT2D eigenvalue weighted by Gasteiger charge is -2.33. The van der Waals surface area contributed by atoms with Gasteiger partial charge in [0.05, 0.1) is 0 Å². The minimum absolute atomic E-state index is 0.229. The summed E-state index contributed by atoms with van der Waals surface area (Å²) in [6.45, 7) is 8.08. The minimum atomic E-state index is 0.229. The standard InChI is InChI=1S/C14H27NO/c1-14(2,3)13(9-10-16)15-11-12-7-5-4-6-8-12/h4-5,12-13,15-16H,6-11H2,1-3H3. The number of nitrogens with one attached hydrogen (secondary N) is 1. The van der Waals surface area contributed by atoms with Crippen LogP contribution in [0, 0.1) is 11.3 Å². The first kappa shape index (κ1) is 13.7. The summed E-state index contributed by atoms with van der Waals surface area (Å²) in [4.78, 5) is 0. The summed E-state index contributed by atoms with van der Waals surface area (Å²) in [6.07, 6.45) is 9.18. The molecule has 0 saturated heterocycles. The zero-order valence-electron chi connectivity index (χ0n) is 11.0. The monoisotopic (exact) mass is 225 g/mol. The lowest BCUT2D eigenvalue weighted by molar-refractivity contribution is 0.191. The molecule has 0 fully saturated rings. The number of hydrogen-bond acceptors (Lipinski definition) is 2. The van der Waals surface area contributed by atoms with Gasteiger partial charge in [-0.05, 0) is 43.6 Å². The molecule has 2 nitrogen and oxygen atoms in total. The summed E-state index contributed by atoms with van der Waals surface area (Å²) in [5.74, 6) is 0.786. The van der Waals surface area contributed by atoms with Gasteiger partial charge in [0.15, 0.2) is 0 Å². The average molecular weight is 225 g/mol. The molecular formula is C14H27NO. The first-order chi connectivity index (χ1) is 7.54. The van der Waals surface area contributed by atoms with Crippen molar-refractivity contribution in [1.82, 2.24) is 5.32 Å². The lowest BCUT2D eigenvalue weighted by Crippen LogP contribution is -2.43. The van der Waals surface area contributed by atoms with Crippen molar-refractivity contribution in [1.29, 1.82) is 0 Å². The van der Waals surface area contributed by atoms with Crippen molar-refractivity contribution >= 4 is 0 Å². The third-order valence-electron chi connectivity index (χ3n) is 3.49. The topological polar surface area (TPSA) is 32.3 Å². The van der Waals surface area contributed by atoms with Crippen molar-refractivity contribution in [3.63, 3.8) is 0 Å². The summed E-state index contributed by atoms with van der Waals surface area (Å²) in [6, 6.07) is 0.420. The van der Waals surface area contributed by atoms with Crippen molar-refractivity contribution < 1.29 is 5.11 Å². The SMILES string of the molecule is CC(C)(C)C(CCO)NCC1CC=CCC1. The third kappa shape index (κ3) is 4.67. The Kier molecular flexibility index (Phi) is 5.50. The summed E-state index contributed by atoms with van der Waals surface area (Å²) < 4.78 is 0. The number of aliphatic hydroxyl groups is 1. The van der Waals surface area contributed by atoms with Crippen LogP contribution in [0.25, 0.3) is 0 Å². The summed E-state index contributed by atoms with van der Waals surface area (Å²) in [5, 5.41) is 12.7. The first-order valence-corrected chi connectivity index (χ1v) is 6.53. The highest BCUT2D eigenvalue weighted by Gasteiger charge is 2.24. The van der Waals surface area contributed by atoms with E-state index in [1.807, 2.05) is 0 Å². The predicted octanol–water partition coefficient (Wildman–Crippen LogP) is 2.73. The highest BCUT2D eigenvalue weighted by atomic mass is 16.3. The maximum Gasteiger partial charge on any atom is 0.0446 e. The fourth-order valence-corrected chi connectivity index (χ4v) is 2.32. The van der Waals surface area contributed by atoms with Crippen molar-refractivity contribution in [2.45, 2.75) is 52.5 Å². The van der Waals surface area contributed by atoms with Gasteiger partial charge in [-0.25, -0.2) is 0 Å². The Balaban J connectivity index is 2.34. The number of rotatable bonds is 5. The van der Waals surface area contributed by atoms with Crippen molar-refractivity contribution in [2.75, 3.05) is 13.2 Å². The maximum atomic E-state index is 9.09. The van der Waals surface area contributed by atoms with Crippen LogP contribution < -0.4 is 5.32 Å². The molecule has 0 aromatic rings. The lowest BCUT2D eigenvalue weighted by atomic mass is 9.84. The predicted molar refractivity (Wildman–Crippen MR) is 69.4 cm³/mol. The largest absolute Gasteiger partial charge is 0.396 e. The molecule has 2 heteroatoms. The zero-order valence-corrected chi connectivity index (χ0v) is 11.0. The Bertz CT molecular complexity index is 217. The normalized spacial score (nSPS) is 23.4. The molecule has 1 aliphatic carbocycles. The molecule has 2 atom stereocenters. The minimum Gasteiger partial charge on any atom is -0.396 e. The van der Waals surface area contributed by atoms with E-state index < -0.39 is 0 Å². The average Bonchev–Trinajstić information content (AvgIpc) is 2.24. The van der Waals surface area contributed by atoms with Crippen molar-refractivity contribution in [2.24, 2.45) is 11.3 Å². The molecule has 1 aliphatic rings. The molecule has 0 bridgehead atoms. The molecule has 0 amide bonds. The van der Waals surface area contributed by atoms with E-state index in [0.29, 0.717) is 6.04 Å². The quantitative estimate of drug-likeness (QED) is 0.705. The van der Waals surface area contributed by atoms with Gasteiger partial charge in [0.25, 0.3) is 0 Å². The van der Waals surface area contributed by atoms with Gasteiger partial charge in [0, 0.05) is 12.6 Å². The fraction of sp³-hybridized carbons (Fsp3) is 0.857. The molecular weight excluding hydrogens is 198 g/mol. The van der Waals surface area contributed by atoms with Gasteiger partial charge in [-0.1, -0.05) is 32.9 Å². The molecule has 0 aromatic carbocycles. The number of aliphatic hydroxyl groups excluding tert-OH is 1. The van der Waals surface area contributed by atoms with E-state index in [4.69, 9.17) is 5.11 Å². The van der Waals surface area contributed by atoms with E-state index in [1.165, 1.54) is 19.3 Å². The van der Waals surface area contributed by atoms with Crippen LogP contribution >= 0.6 is 0 Å². The van der Waals surface area contributed by atoms with Crippen LogP contribution in [-0.2, 0) is 0 Å². The Morgan fingerprint density at radius 3 is 2.62 bits per heavy atom. The van der Waals surface area contributed by atoms with E-state index in [9.17, 15) is 0 Å². The van der Waals surface area contributed by atoms with Crippen molar-refractivity contribution in [3.8, 4) is 0 Å². The molecule has 2 unspecified atom stereocenters. The van der Waals surface area contributed by atoms with Gasteiger partial charge >= 0.3 is 0 Å². The van der Waals surface area contributed by atoms with E-state index >= 15 is 0 Å². The van der Waals surface area contributed by atoms with E-state index in [1.54, 1.807) is 0 Å². The smallest absolute Gasteiger partial charge is 0.0446 e. The molecule has 94 valence electrons. The summed E-state index contributed by atoms with van der Waals surface area (Å²) in [7, 11) is 0. The first-order valence-electron chi connectivity index (χ1n) is 6.53. The fourth-order valence-electron chi connectivity index (χ4n) is 2.32. The molecule has 0 heterocycles. The Morgan fingerprint density at radius 2 is 2.12 bits per heavy atom. The van der Waals surface area contributed by atoms with Crippen LogP contribution in [0.2, 0.25) is 0 Å². The van der Waals surface area contributed by atoms with Gasteiger partial charge in [0.1, 0.15) is 0 Å². The second-order valence-electron chi connectivity index (χ2n) is 5.99. The molecule has 16 heavy (non-hydrogen) atoms. The zero-order chi connectivity index (χ0) is 12.0. The molecule has 0 saturated carbocycles. The van der Waals surface area contributed by atoms with Gasteiger partial charge in [-0.2, -0.15) is 0 Å². The van der Waals surface area contributed by atoms with Gasteiger partial charge in [-0.3, -0.25) is 0 Å². The van der Waals surface area contributed by atoms with Gasteiger partial charge < -0.3 is 10.4 Å². The van der Waals surface area contributed by atoms with Gasteiger partial charge in [0.2, 0.25) is 0 Å². The molecule has 0 spiro atoms. The summed E-state index contributed by atoms with van der Waals surface area (Å²) in [5.41, 5.74) is 0.229. The second-order valence-corrected chi connectivity index (χ2v) is 5.99. The van der Waals surface area contributed by atoms with Crippen LogP contribution in [-0.4, -0.2) is 24.3 Å². The van der Waals surface area contributed by atoms with E-state index in [0.717, 1.165) is 18.9 Å². The van der Waals surface area contributed by atoms with Crippen LogP contribution in [0.4, 0.5) is 0 Å². The Morgan fingerprint density at radius 1 is 1.38 bits per heavy atom. The van der Waals surface area contributed by atoms with Crippen LogP contribution in [0.15, 0.2) is 12.2 Å². The van der Waals surface area contributed by atoms with E-state index in [-0.39, 0.29) is 12.0 Å². The van der Waals surface area contributed by atoms with Gasteiger partial charge in [-0.15, -0.1) is 0 Å². The second kappa shape index (κ2) is 6.41. The molecule has 2 N–H and O–H groups in total. The molecule has 0 radical (unpaired) electrons. The highest BCUT2D eigenvalue weighted by Crippen LogP contribution is 2.23. The molecule has 0 aliphatic heterocycles. The molecule has 0 aromatic heterocycles. The number of hydrogen-bond donors (Lipinski definition) is 2. The Hall–Kier alpha value is -0.340. The molecule has 1 rings (SSSR count).